The molecule has 0 saturated heterocycles. The van der Waals surface area contributed by atoms with Crippen LogP contribution in [0.15, 0.2) is 24.4 Å². The lowest BCUT2D eigenvalue weighted by Gasteiger charge is -2.11. The summed E-state index contributed by atoms with van der Waals surface area (Å²) in [5.74, 6) is 0.866. The van der Waals surface area contributed by atoms with Gasteiger partial charge >= 0.3 is 0 Å². The molecule has 17 heavy (non-hydrogen) atoms. The Labute approximate surface area is 101 Å². The smallest absolute Gasteiger partial charge is 0.0422 e. The van der Waals surface area contributed by atoms with Crippen LogP contribution < -0.4 is 11.1 Å². The van der Waals surface area contributed by atoms with Crippen LogP contribution >= 0.6 is 0 Å². The highest BCUT2D eigenvalue weighted by atomic mass is 14.9. The van der Waals surface area contributed by atoms with Crippen molar-refractivity contribution >= 4 is 22.1 Å². The molecular formula is C14H17N3. The van der Waals surface area contributed by atoms with Crippen molar-refractivity contribution in [2.24, 2.45) is 5.92 Å². The van der Waals surface area contributed by atoms with E-state index in [1.807, 2.05) is 19.2 Å². The highest BCUT2D eigenvalue weighted by Crippen LogP contribution is 2.32. The number of nitrogens with zero attached hydrogens (tertiary/aromatic N) is 1. The second-order valence-corrected chi connectivity index (χ2v) is 4.90. The van der Waals surface area contributed by atoms with Crippen molar-refractivity contribution in [1.82, 2.24) is 4.98 Å². The summed E-state index contributed by atoms with van der Waals surface area (Å²) in [6, 6.07) is 6.12. The number of rotatable bonds is 3. The molecule has 1 aliphatic carbocycles. The van der Waals surface area contributed by atoms with Crippen LogP contribution in [0, 0.1) is 12.8 Å². The van der Waals surface area contributed by atoms with Crippen molar-refractivity contribution in [1.29, 1.82) is 0 Å². The van der Waals surface area contributed by atoms with Gasteiger partial charge in [-0.15, -0.1) is 0 Å². The SMILES string of the molecule is Cc1cc2c(NCC3CC3)ccc(N)c2cn1. The molecule has 1 fully saturated rings. The fourth-order valence-corrected chi connectivity index (χ4v) is 2.10. The van der Waals surface area contributed by atoms with Crippen LogP contribution in [0.1, 0.15) is 18.5 Å². The molecule has 3 nitrogen and oxygen atoms in total. The van der Waals surface area contributed by atoms with Gasteiger partial charge in [-0.25, -0.2) is 0 Å². The summed E-state index contributed by atoms with van der Waals surface area (Å²) in [5, 5.41) is 5.74. The lowest BCUT2D eigenvalue weighted by Crippen LogP contribution is -2.04. The highest BCUT2D eigenvalue weighted by Gasteiger charge is 2.20. The lowest BCUT2D eigenvalue weighted by atomic mass is 10.1. The van der Waals surface area contributed by atoms with E-state index in [0.29, 0.717) is 0 Å². The van der Waals surface area contributed by atoms with E-state index < -0.39 is 0 Å². The molecule has 1 aromatic heterocycles. The van der Waals surface area contributed by atoms with Crippen LogP contribution in [-0.2, 0) is 0 Å². The van der Waals surface area contributed by atoms with E-state index in [1.54, 1.807) is 0 Å². The Morgan fingerprint density at radius 2 is 2.18 bits per heavy atom. The molecule has 3 heteroatoms. The highest BCUT2D eigenvalue weighted by molar-refractivity contribution is 6.00. The number of nitrogen functional groups attached to an aromatic ring is 1. The van der Waals surface area contributed by atoms with E-state index in [9.17, 15) is 0 Å². The molecule has 1 heterocycles. The van der Waals surface area contributed by atoms with Crippen LogP contribution in [0.5, 0.6) is 0 Å². The van der Waals surface area contributed by atoms with Crippen molar-refractivity contribution in [2.45, 2.75) is 19.8 Å². The number of hydrogen-bond acceptors (Lipinski definition) is 3. The van der Waals surface area contributed by atoms with Crippen LogP contribution in [0.25, 0.3) is 10.8 Å². The summed E-state index contributed by atoms with van der Waals surface area (Å²) >= 11 is 0. The average Bonchev–Trinajstić information content (AvgIpc) is 3.12. The second-order valence-electron chi connectivity index (χ2n) is 4.90. The number of hydrogen-bond donors (Lipinski definition) is 2. The van der Waals surface area contributed by atoms with Crippen LogP contribution in [0.3, 0.4) is 0 Å². The molecule has 2 aromatic rings. The number of fused-ring (bicyclic) bond motifs is 1. The first-order valence-corrected chi connectivity index (χ1v) is 6.13. The molecule has 0 spiro atoms. The first-order valence-electron chi connectivity index (χ1n) is 6.13. The zero-order chi connectivity index (χ0) is 11.8. The Morgan fingerprint density at radius 3 is 2.94 bits per heavy atom. The molecule has 0 bridgehead atoms. The molecule has 0 amide bonds. The normalized spacial score (nSPS) is 15.1. The van der Waals surface area contributed by atoms with Gasteiger partial charge in [-0.2, -0.15) is 0 Å². The topological polar surface area (TPSA) is 50.9 Å². The van der Waals surface area contributed by atoms with Gasteiger partial charge in [-0.3, -0.25) is 4.98 Å². The van der Waals surface area contributed by atoms with Crippen molar-refractivity contribution in [3.05, 3.63) is 30.1 Å². The van der Waals surface area contributed by atoms with E-state index in [0.717, 1.165) is 29.2 Å². The molecular weight excluding hydrogens is 210 g/mol. The molecule has 0 radical (unpaired) electrons. The minimum atomic E-state index is 0.796. The summed E-state index contributed by atoms with van der Waals surface area (Å²) in [5.41, 5.74) is 8.97. The van der Waals surface area contributed by atoms with Gasteiger partial charge in [0.2, 0.25) is 0 Å². The van der Waals surface area contributed by atoms with Gasteiger partial charge in [0.05, 0.1) is 0 Å². The largest absolute Gasteiger partial charge is 0.398 e. The molecule has 0 aliphatic heterocycles. The second kappa shape index (κ2) is 3.91. The number of anilines is 2. The zero-order valence-electron chi connectivity index (χ0n) is 10.0. The maximum absolute atomic E-state index is 5.98. The molecule has 0 unspecified atom stereocenters. The summed E-state index contributed by atoms with van der Waals surface area (Å²) in [7, 11) is 0. The first kappa shape index (κ1) is 10.4. The summed E-state index contributed by atoms with van der Waals surface area (Å²) in [6.07, 6.45) is 4.59. The van der Waals surface area contributed by atoms with Crippen LogP contribution in [0.4, 0.5) is 11.4 Å². The van der Waals surface area contributed by atoms with Crippen molar-refractivity contribution < 1.29 is 0 Å². The van der Waals surface area contributed by atoms with Crippen molar-refractivity contribution in [2.75, 3.05) is 17.6 Å². The van der Waals surface area contributed by atoms with Gasteiger partial charge in [-0.05, 0) is 43.9 Å². The third kappa shape index (κ3) is 2.05. The molecule has 0 atom stereocenters. The fourth-order valence-electron chi connectivity index (χ4n) is 2.10. The van der Waals surface area contributed by atoms with Crippen LogP contribution in [-0.4, -0.2) is 11.5 Å². The van der Waals surface area contributed by atoms with Crippen LogP contribution in [0.2, 0.25) is 0 Å². The Balaban J connectivity index is 2.03. The monoisotopic (exact) mass is 227 g/mol. The fraction of sp³-hybridized carbons (Fsp3) is 0.357. The predicted molar refractivity (Wildman–Crippen MR) is 72.1 cm³/mol. The van der Waals surface area contributed by atoms with Gasteiger partial charge in [0.15, 0.2) is 0 Å². The number of nitrogens with two attached hydrogens (primary N) is 1. The summed E-state index contributed by atoms with van der Waals surface area (Å²) < 4.78 is 0. The van der Waals surface area contributed by atoms with Gasteiger partial charge in [0, 0.05) is 40.6 Å². The third-order valence-electron chi connectivity index (χ3n) is 3.35. The molecule has 1 aromatic carbocycles. The lowest BCUT2D eigenvalue weighted by molar-refractivity contribution is 0.890. The molecule has 3 N–H and O–H groups in total. The standard InChI is InChI=1S/C14H17N3/c1-9-6-11-12(8-16-9)13(15)4-5-14(11)17-7-10-2-3-10/h4-6,8,10,17H,2-3,7,15H2,1H3. The summed E-state index contributed by atoms with van der Waals surface area (Å²) in [6.45, 7) is 3.08. The predicted octanol–water partition coefficient (Wildman–Crippen LogP) is 2.95. The molecule has 1 aliphatic rings. The average molecular weight is 227 g/mol. The van der Waals surface area contributed by atoms with E-state index in [1.165, 1.54) is 23.9 Å². The Hall–Kier alpha value is -1.77. The van der Waals surface area contributed by atoms with E-state index in [-0.39, 0.29) is 0 Å². The quantitative estimate of drug-likeness (QED) is 0.793. The van der Waals surface area contributed by atoms with E-state index in [4.69, 9.17) is 5.73 Å². The number of pyridine rings is 1. The minimum Gasteiger partial charge on any atom is -0.398 e. The summed E-state index contributed by atoms with van der Waals surface area (Å²) in [4.78, 5) is 4.31. The number of aromatic nitrogens is 1. The van der Waals surface area contributed by atoms with Crippen molar-refractivity contribution in [3.63, 3.8) is 0 Å². The molecule has 88 valence electrons. The van der Waals surface area contributed by atoms with Gasteiger partial charge < -0.3 is 11.1 Å². The van der Waals surface area contributed by atoms with Gasteiger partial charge in [0.25, 0.3) is 0 Å². The van der Waals surface area contributed by atoms with E-state index >= 15 is 0 Å². The third-order valence-corrected chi connectivity index (χ3v) is 3.35. The minimum absolute atomic E-state index is 0.796. The Bertz CT molecular complexity index is 559. The Kier molecular flexibility index (Phi) is 2.39. The maximum atomic E-state index is 5.98. The molecule has 1 saturated carbocycles. The van der Waals surface area contributed by atoms with Gasteiger partial charge in [-0.1, -0.05) is 0 Å². The number of aryl methyl sites for hydroxylation is 1. The Morgan fingerprint density at radius 1 is 1.35 bits per heavy atom. The van der Waals surface area contributed by atoms with Crippen molar-refractivity contribution in [3.8, 4) is 0 Å². The first-order chi connectivity index (χ1) is 8.24. The molecule has 3 rings (SSSR count). The number of nitrogens with one attached hydrogen (secondary N) is 1. The van der Waals surface area contributed by atoms with Gasteiger partial charge in [0.1, 0.15) is 0 Å². The zero-order valence-corrected chi connectivity index (χ0v) is 10.0. The number of benzene rings is 1. The van der Waals surface area contributed by atoms with E-state index in [2.05, 4.69) is 22.4 Å². The maximum Gasteiger partial charge on any atom is 0.0422 e.